The number of rotatable bonds is 10. The smallest absolute Gasteiger partial charge is 0.249 e. The van der Waals surface area contributed by atoms with Gasteiger partial charge in [0.15, 0.2) is 5.82 Å². The topological polar surface area (TPSA) is 69.2 Å². The Morgan fingerprint density at radius 1 is 1.12 bits per heavy atom. The van der Waals surface area contributed by atoms with Crippen LogP contribution in [0.25, 0.3) is 0 Å². The molecule has 1 heterocycles. The molecule has 0 atom stereocenters. The van der Waals surface area contributed by atoms with Crippen LogP contribution >= 0.6 is 0 Å². The molecule has 0 spiro atoms. The van der Waals surface area contributed by atoms with Crippen molar-refractivity contribution in [3.05, 3.63) is 30.0 Å². The molecule has 0 bridgehead atoms. The summed E-state index contributed by atoms with van der Waals surface area (Å²) in [6, 6.07) is 6.38. The number of anilines is 4. The van der Waals surface area contributed by atoms with E-state index in [0.717, 1.165) is 49.7 Å². The van der Waals surface area contributed by atoms with Gasteiger partial charge >= 0.3 is 0 Å². The molecule has 7 nitrogen and oxygen atoms in total. The number of hydrogen-bond donors (Lipinski definition) is 2. The average molecular weight is 358 g/mol. The van der Waals surface area contributed by atoms with Gasteiger partial charge in [-0.25, -0.2) is 0 Å². The maximum Gasteiger partial charge on any atom is 0.249 e. The third kappa shape index (κ3) is 5.84. The van der Waals surface area contributed by atoms with E-state index in [1.807, 2.05) is 0 Å². The molecule has 2 N–H and O–H groups in total. The molecule has 7 heteroatoms. The van der Waals surface area contributed by atoms with E-state index < -0.39 is 0 Å². The molecule has 1 aromatic heterocycles. The van der Waals surface area contributed by atoms with E-state index in [0.29, 0.717) is 5.95 Å². The fourth-order valence-corrected chi connectivity index (χ4v) is 2.75. The van der Waals surface area contributed by atoms with Crippen LogP contribution in [-0.4, -0.2) is 60.4 Å². The van der Waals surface area contributed by atoms with E-state index in [4.69, 9.17) is 0 Å². The van der Waals surface area contributed by atoms with Gasteiger partial charge in [0.2, 0.25) is 5.95 Å². The maximum atomic E-state index is 4.50. The van der Waals surface area contributed by atoms with Crippen LogP contribution in [0.3, 0.4) is 0 Å². The Kier molecular flexibility index (Phi) is 7.59. The molecule has 1 aromatic carbocycles. The van der Waals surface area contributed by atoms with Gasteiger partial charge in [0.1, 0.15) is 0 Å². The van der Waals surface area contributed by atoms with Crippen molar-refractivity contribution < 1.29 is 0 Å². The van der Waals surface area contributed by atoms with Gasteiger partial charge in [0.05, 0.1) is 6.20 Å². The molecule has 0 unspecified atom stereocenters. The number of aromatic nitrogens is 3. The summed E-state index contributed by atoms with van der Waals surface area (Å²) in [5, 5.41) is 14.7. The molecule has 0 aliphatic heterocycles. The van der Waals surface area contributed by atoms with Crippen molar-refractivity contribution in [2.24, 2.45) is 0 Å². The summed E-state index contributed by atoms with van der Waals surface area (Å²) in [6.45, 7) is 10.3. The second-order valence-electron chi connectivity index (χ2n) is 6.55. The monoisotopic (exact) mass is 357 g/mol. The van der Waals surface area contributed by atoms with Crippen molar-refractivity contribution in [2.45, 2.75) is 27.2 Å². The number of hydrogen-bond acceptors (Lipinski definition) is 7. The molecule has 2 aromatic rings. The van der Waals surface area contributed by atoms with Crippen LogP contribution in [0, 0.1) is 6.92 Å². The van der Waals surface area contributed by atoms with Gasteiger partial charge in [-0.3, -0.25) is 0 Å². The van der Waals surface area contributed by atoms with Crippen molar-refractivity contribution in [2.75, 3.05) is 55.8 Å². The summed E-state index contributed by atoms with van der Waals surface area (Å²) >= 11 is 0. The SMILES string of the molecule is CCN(CC)c1ccc(Nc2nncc(NCCCN(C)C)n2)c(C)c1. The van der Waals surface area contributed by atoms with E-state index in [1.54, 1.807) is 6.20 Å². The van der Waals surface area contributed by atoms with Gasteiger partial charge < -0.3 is 20.4 Å². The largest absolute Gasteiger partial charge is 0.372 e. The van der Waals surface area contributed by atoms with Gasteiger partial charge in [-0.2, -0.15) is 10.1 Å². The lowest BCUT2D eigenvalue weighted by atomic mass is 10.1. The Hall–Kier alpha value is -2.41. The zero-order valence-corrected chi connectivity index (χ0v) is 16.6. The minimum atomic E-state index is 0.501. The van der Waals surface area contributed by atoms with Crippen molar-refractivity contribution in [3.8, 4) is 0 Å². The zero-order valence-electron chi connectivity index (χ0n) is 16.6. The normalized spacial score (nSPS) is 10.8. The van der Waals surface area contributed by atoms with E-state index in [1.165, 1.54) is 5.69 Å². The van der Waals surface area contributed by atoms with Crippen molar-refractivity contribution >= 4 is 23.1 Å². The fraction of sp³-hybridized carbons (Fsp3) is 0.526. The molecule has 0 saturated carbocycles. The first-order valence-electron chi connectivity index (χ1n) is 9.24. The molecule has 0 radical (unpaired) electrons. The predicted molar refractivity (Wildman–Crippen MR) is 110 cm³/mol. The molecular weight excluding hydrogens is 326 g/mol. The fourth-order valence-electron chi connectivity index (χ4n) is 2.75. The van der Waals surface area contributed by atoms with Gasteiger partial charge in [0, 0.05) is 31.0 Å². The van der Waals surface area contributed by atoms with Crippen LogP contribution < -0.4 is 15.5 Å². The minimum Gasteiger partial charge on any atom is -0.372 e. The van der Waals surface area contributed by atoms with Crippen LogP contribution in [0.5, 0.6) is 0 Å². The van der Waals surface area contributed by atoms with E-state index in [-0.39, 0.29) is 0 Å². The van der Waals surface area contributed by atoms with Crippen LogP contribution in [0.15, 0.2) is 24.4 Å². The maximum absolute atomic E-state index is 4.50. The Morgan fingerprint density at radius 3 is 2.54 bits per heavy atom. The molecule has 26 heavy (non-hydrogen) atoms. The number of nitrogens with one attached hydrogen (secondary N) is 2. The van der Waals surface area contributed by atoms with E-state index in [2.05, 4.69) is 88.7 Å². The molecule has 0 fully saturated rings. The van der Waals surface area contributed by atoms with Crippen molar-refractivity contribution in [1.82, 2.24) is 20.1 Å². The Labute approximate surface area is 156 Å². The highest BCUT2D eigenvalue weighted by molar-refractivity contribution is 5.64. The zero-order chi connectivity index (χ0) is 18.9. The molecule has 2 rings (SSSR count). The third-order valence-electron chi connectivity index (χ3n) is 4.23. The van der Waals surface area contributed by atoms with E-state index >= 15 is 0 Å². The van der Waals surface area contributed by atoms with Crippen LogP contribution in [-0.2, 0) is 0 Å². The molecule has 0 aliphatic rings. The number of benzene rings is 1. The Balaban J connectivity index is 2.01. The minimum absolute atomic E-state index is 0.501. The molecule has 0 amide bonds. The van der Waals surface area contributed by atoms with Crippen LogP contribution in [0.2, 0.25) is 0 Å². The first-order valence-corrected chi connectivity index (χ1v) is 9.24. The summed E-state index contributed by atoms with van der Waals surface area (Å²) in [4.78, 5) is 8.99. The lowest BCUT2D eigenvalue weighted by Gasteiger charge is -2.22. The molecule has 0 saturated heterocycles. The third-order valence-corrected chi connectivity index (χ3v) is 4.23. The Bertz CT molecular complexity index is 683. The first-order chi connectivity index (χ1) is 12.5. The van der Waals surface area contributed by atoms with Gasteiger partial charge in [-0.05, 0) is 71.6 Å². The molecule has 0 aliphatic carbocycles. The second kappa shape index (κ2) is 9.91. The predicted octanol–water partition coefficient (Wildman–Crippen LogP) is 3.13. The Morgan fingerprint density at radius 2 is 1.88 bits per heavy atom. The first kappa shape index (κ1) is 19.9. The van der Waals surface area contributed by atoms with Crippen LogP contribution in [0.4, 0.5) is 23.1 Å². The summed E-state index contributed by atoms with van der Waals surface area (Å²) < 4.78 is 0. The summed E-state index contributed by atoms with van der Waals surface area (Å²) in [6.07, 6.45) is 2.70. The second-order valence-corrected chi connectivity index (χ2v) is 6.55. The lowest BCUT2D eigenvalue weighted by molar-refractivity contribution is 0.405. The lowest BCUT2D eigenvalue weighted by Crippen LogP contribution is -2.21. The highest BCUT2D eigenvalue weighted by Gasteiger charge is 2.07. The van der Waals surface area contributed by atoms with Crippen molar-refractivity contribution in [1.29, 1.82) is 0 Å². The highest BCUT2D eigenvalue weighted by Crippen LogP contribution is 2.24. The summed E-state index contributed by atoms with van der Waals surface area (Å²) in [5.41, 5.74) is 3.38. The van der Waals surface area contributed by atoms with Crippen molar-refractivity contribution in [3.63, 3.8) is 0 Å². The number of aryl methyl sites for hydroxylation is 1. The molecular formula is C19H31N7. The summed E-state index contributed by atoms with van der Waals surface area (Å²) in [5.74, 6) is 1.24. The summed E-state index contributed by atoms with van der Waals surface area (Å²) in [7, 11) is 4.14. The van der Waals surface area contributed by atoms with Crippen LogP contribution in [0.1, 0.15) is 25.8 Å². The number of nitrogens with zero attached hydrogens (tertiary/aromatic N) is 5. The molecule has 142 valence electrons. The van der Waals surface area contributed by atoms with Gasteiger partial charge in [-0.15, -0.1) is 5.10 Å². The standard InChI is InChI=1S/C19H31N7/c1-6-26(7-2)16-9-10-17(15(3)13-16)22-19-23-18(14-21-24-19)20-11-8-12-25(4)5/h9-10,13-14H,6-8,11-12H2,1-5H3,(H2,20,22,23,24). The highest BCUT2D eigenvalue weighted by atomic mass is 15.3. The van der Waals surface area contributed by atoms with E-state index in [9.17, 15) is 0 Å². The average Bonchev–Trinajstić information content (AvgIpc) is 2.62. The van der Waals surface area contributed by atoms with Gasteiger partial charge in [0.25, 0.3) is 0 Å². The van der Waals surface area contributed by atoms with Gasteiger partial charge in [-0.1, -0.05) is 0 Å². The quantitative estimate of drug-likeness (QED) is 0.633.